The van der Waals surface area contributed by atoms with Crippen molar-refractivity contribution in [3.8, 4) is 0 Å². The zero-order chi connectivity index (χ0) is 12.6. The second kappa shape index (κ2) is 7.63. The highest BCUT2D eigenvalue weighted by atomic mass is 16.5. The second-order valence-electron chi connectivity index (χ2n) is 4.86. The second-order valence-corrected chi connectivity index (χ2v) is 4.86. The SMILES string of the molecule is CCCC(C)(C)NC(=O)C(N)CCCOC. The van der Waals surface area contributed by atoms with Crippen molar-refractivity contribution < 1.29 is 9.53 Å². The number of carbonyl (C=O) groups excluding carboxylic acids is 1. The maximum Gasteiger partial charge on any atom is 0.237 e. The van der Waals surface area contributed by atoms with Gasteiger partial charge < -0.3 is 15.8 Å². The molecule has 4 nitrogen and oxygen atoms in total. The van der Waals surface area contributed by atoms with Crippen LogP contribution in [0.4, 0.5) is 0 Å². The van der Waals surface area contributed by atoms with Crippen molar-refractivity contribution in [2.24, 2.45) is 5.73 Å². The van der Waals surface area contributed by atoms with Crippen molar-refractivity contribution >= 4 is 5.91 Å². The maximum atomic E-state index is 11.8. The highest BCUT2D eigenvalue weighted by molar-refractivity contribution is 5.82. The monoisotopic (exact) mass is 230 g/mol. The highest BCUT2D eigenvalue weighted by Gasteiger charge is 2.22. The van der Waals surface area contributed by atoms with Gasteiger partial charge in [0, 0.05) is 19.3 Å². The largest absolute Gasteiger partial charge is 0.385 e. The molecule has 0 aliphatic rings. The fourth-order valence-electron chi connectivity index (χ4n) is 1.69. The lowest BCUT2D eigenvalue weighted by atomic mass is 9.98. The van der Waals surface area contributed by atoms with Crippen LogP contribution in [-0.4, -0.2) is 31.2 Å². The van der Waals surface area contributed by atoms with Gasteiger partial charge in [0.2, 0.25) is 5.91 Å². The van der Waals surface area contributed by atoms with E-state index in [1.165, 1.54) is 0 Å². The molecule has 0 aromatic heterocycles. The van der Waals surface area contributed by atoms with Crippen LogP contribution in [0, 0.1) is 0 Å². The number of carbonyl (C=O) groups is 1. The lowest BCUT2D eigenvalue weighted by Crippen LogP contribution is -2.50. The van der Waals surface area contributed by atoms with E-state index in [1.807, 2.05) is 13.8 Å². The molecule has 1 amide bonds. The minimum absolute atomic E-state index is 0.0606. The van der Waals surface area contributed by atoms with Gasteiger partial charge in [0.25, 0.3) is 0 Å². The third-order valence-electron chi connectivity index (χ3n) is 2.54. The van der Waals surface area contributed by atoms with Gasteiger partial charge in [0.1, 0.15) is 0 Å². The molecule has 1 atom stereocenters. The van der Waals surface area contributed by atoms with Gasteiger partial charge >= 0.3 is 0 Å². The van der Waals surface area contributed by atoms with Gasteiger partial charge in [0.05, 0.1) is 6.04 Å². The van der Waals surface area contributed by atoms with Crippen molar-refractivity contribution in [2.45, 2.75) is 58.0 Å². The van der Waals surface area contributed by atoms with E-state index >= 15 is 0 Å². The zero-order valence-corrected chi connectivity index (χ0v) is 11.0. The molecule has 0 aromatic carbocycles. The number of hydrogen-bond donors (Lipinski definition) is 2. The predicted molar refractivity (Wildman–Crippen MR) is 66.2 cm³/mol. The van der Waals surface area contributed by atoms with Crippen molar-refractivity contribution in [2.75, 3.05) is 13.7 Å². The number of ether oxygens (including phenoxy) is 1. The van der Waals surface area contributed by atoms with Crippen LogP contribution in [0.15, 0.2) is 0 Å². The molecule has 0 aliphatic carbocycles. The lowest BCUT2D eigenvalue weighted by Gasteiger charge is -2.27. The van der Waals surface area contributed by atoms with Crippen LogP contribution < -0.4 is 11.1 Å². The Morgan fingerprint density at radius 3 is 2.62 bits per heavy atom. The first-order valence-corrected chi connectivity index (χ1v) is 5.99. The Hall–Kier alpha value is -0.610. The third kappa shape index (κ3) is 6.80. The van der Waals surface area contributed by atoms with Crippen LogP contribution in [0.2, 0.25) is 0 Å². The van der Waals surface area contributed by atoms with Gasteiger partial charge in [-0.05, 0) is 33.1 Å². The van der Waals surface area contributed by atoms with Gasteiger partial charge in [-0.15, -0.1) is 0 Å². The van der Waals surface area contributed by atoms with Crippen molar-refractivity contribution in [3.63, 3.8) is 0 Å². The third-order valence-corrected chi connectivity index (χ3v) is 2.54. The van der Waals surface area contributed by atoms with Crippen LogP contribution in [0.3, 0.4) is 0 Å². The van der Waals surface area contributed by atoms with E-state index in [1.54, 1.807) is 7.11 Å². The van der Waals surface area contributed by atoms with E-state index in [-0.39, 0.29) is 11.4 Å². The zero-order valence-electron chi connectivity index (χ0n) is 11.0. The van der Waals surface area contributed by atoms with Crippen molar-refractivity contribution in [1.82, 2.24) is 5.32 Å². The minimum atomic E-state index is -0.425. The summed E-state index contributed by atoms with van der Waals surface area (Å²) < 4.78 is 4.92. The molecular formula is C12H26N2O2. The minimum Gasteiger partial charge on any atom is -0.385 e. The summed E-state index contributed by atoms with van der Waals surface area (Å²) in [6, 6.07) is -0.425. The van der Waals surface area contributed by atoms with Crippen molar-refractivity contribution in [1.29, 1.82) is 0 Å². The van der Waals surface area contributed by atoms with Gasteiger partial charge in [0.15, 0.2) is 0 Å². The molecule has 0 saturated heterocycles. The van der Waals surface area contributed by atoms with Crippen molar-refractivity contribution in [3.05, 3.63) is 0 Å². The summed E-state index contributed by atoms with van der Waals surface area (Å²) in [6.45, 7) is 6.80. The molecule has 1 unspecified atom stereocenters. The van der Waals surface area contributed by atoms with E-state index in [9.17, 15) is 4.79 Å². The molecule has 0 bridgehead atoms. The number of methoxy groups -OCH3 is 1. The quantitative estimate of drug-likeness (QED) is 0.620. The van der Waals surface area contributed by atoms with Crippen LogP contribution in [0.1, 0.15) is 46.5 Å². The molecule has 0 heterocycles. The molecule has 0 radical (unpaired) electrons. The molecular weight excluding hydrogens is 204 g/mol. The summed E-state index contributed by atoms with van der Waals surface area (Å²) in [7, 11) is 1.65. The lowest BCUT2D eigenvalue weighted by molar-refractivity contribution is -0.124. The van der Waals surface area contributed by atoms with Gasteiger partial charge in [-0.25, -0.2) is 0 Å². The summed E-state index contributed by atoms with van der Waals surface area (Å²) in [5.41, 5.74) is 5.63. The molecule has 4 heteroatoms. The molecule has 0 fully saturated rings. The Balaban J connectivity index is 3.94. The Morgan fingerprint density at radius 2 is 2.12 bits per heavy atom. The number of hydrogen-bond acceptors (Lipinski definition) is 3. The predicted octanol–water partition coefficient (Wildman–Crippen LogP) is 1.44. The van der Waals surface area contributed by atoms with Crippen LogP contribution in [0.25, 0.3) is 0 Å². The van der Waals surface area contributed by atoms with E-state index in [2.05, 4.69) is 12.2 Å². The fourth-order valence-corrected chi connectivity index (χ4v) is 1.69. The molecule has 3 N–H and O–H groups in total. The summed E-state index contributed by atoms with van der Waals surface area (Å²) in [6.07, 6.45) is 3.50. The normalized spacial score (nSPS) is 13.6. The smallest absolute Gasteiger partial charge is 0.237 e. The Labute approximate surface area is 98.9 Å². The van der Waals surface area contributed by atoms with E-state index < -0.39 is 6.04 Å². The van der Waals surface area contributed by atoms with Gasteiger partial charge in [-0.3, -0.25) is 4.79 Å². The number of rotatable bonds is 8. The topological polar surface area (TPSA) is 64.4 Å². The summed E-state index contributed by atoms with van der Waals surface area (Å²) in [4.78, 5) is 11.8. The Morgan fingerprint density at radius 1 is 1.50 bits per heavy atom. The van der Waals surface area contributed by atoms with E-state index in [0.29, 0.717) is 13.0 Å². The van der Waals surface area contributed by atoms with Gasteiger partial charge in [-0.1, -0.05) is 13.3 Å². The number of nitrogens with two attached hydrogens (primary N) is 1. The number of nitrogens with one attached hydrogen (secondary N) is 1. The molecule has 0 spiro atoms. The van der Waals surface area contributed by atoms with Gasteiger partial charge in [-0.2, -0.15) is 0 Å². The Kier molecular flexibility index (Phi) is 7.34. The molecule has 0 aliphatic heterocycles. The van der Waals surface area contributed by atoms with Crippen LogP contribution in [-0.2, 0) is 9.53 Å². The first kappa shape index (κ1) is 15.4. The average Bonchev–Trinajstić information content (AvgIpc) is 2.16. The molecule has 0 saturated carbocycles. The van der Waals surface area contributed by atoms with E-state index in [0.717, 1.165) is 19.3 Å². The standard InChI is InChI=1S/C12H26N2O2/c1-5-8-12(2,3)14-11(15)10(13)7-6-9-16-4/h10H,5-9,13H2,1-4H3,(H,14,15). The van der Waals surface area contributed by atoms with Crippen LogP contribution >= 0.6 is 0 Å². The average molecular weight is 230 g/mol. The molecule has 96 valence electrons. The number of amides is 1. The summed E-state index contributed by atoms with van der Waals surface area (Å²) >= 11 is 0. The van der Waals surface area contributed by atoms with E-state index in [4.69, 9.17) is 10.5 Å². The maximum absolute atomic E-state index is 11.8. The first-order valence-electron chi connectivity index (χ1n) is 5.99. The molecule has 16 heavy (non-hydrogen) atoms. The Bertz CT molecular complexity index is 205. The highest BCUT2D eigenvalue weighted by Crippen LogP contribution is 2.11. The fraction of sp³-hybridized carbons (Fsp3) is 0.917. The summed E-state index contributed by atoms with van der Waals surface area (Å²) in [5, 5.41) is 2.98. The molecule has 0 aromatic rings. The van der Waals surface area contributed by atoms with Crippen LogP contribution in [0.5, 0.6) is 0 Å². The molecule has 0 rings (SSSR count). The first-order chi connectivity index (χ1) is 7.43. The summed E-state index contributed by atoms with van der Waals surface area (Å²) in [5.74, 6) is -0.0606.